The Morgan fingerprint density at radius 2 is 2.05 bits per heavy atom. The van der Waals surface area contributed by atoms with Crippen molar-refractivity contribution in [3.05, 3.63) is 29.8 Å². The number of urea groups is 1. The molecule has 0 spiro atoms. The van der Waals surface area contributed by atoms with Gasteiger partial charge in [0, 0.05) is 25.3 Å². The molecule has 0 bridgehead atoms. The lowest BCUT2D eigenvalue weighted by Gasteiger charge is -2.34. The SMILES string of the molecule is CCN(C(=O)N1CCC(C)CC1)c1cccc(C)c1. The van der Waals surface area contributed by atoms with Crippen LogP contribution >= 0.6 is 0 Å². The third-order valence-electron chi connectivity index (χ3n) is 3.91. The number of aryl methyl sites for hydroxylation is 1. The summed E-state index contributed by atoms with van der Waals surface area (Å²) in [7, 11) is 0. The lowest BCUT2D eigenvalue weighted by molar-refractivity contribution is 0.180. The van der Waals surface area contributed by atoms with Crippen LogP contribution in [0.3, 0.4) is 0 Å². The van der Waals surface area contributed by atoms with E-state index in [1.165, 1.54) is 5.56 Å². The maximum atomic E-state index is 12.6. The Balaban J connectivity index is 2.11. The van der Waals surface area contributed by atoms with E-state index in [1.807, 2.05) is 28.9 Å². The van der Waals surface area contributed by atoms with Crippen molar-refractivity contribution in [3.63, 3.8) is 0 Å². The highest BCUT2D eigenvalue weighted by molar-refractivity contribution is 5.92. The Kier molecular flexibility index (Phi) is 4.46. The van der Waals surface area contributed by atoms with Crippen LogP contribution in [-0.4, -0.2) is 30.6 Å². The number of hydrogen-bond donors (Lipinski definition) is 0. The van der Waals surface area contributed by atoms with Crippen LogP contribution < -0.4 is 4.90 Å². The molecule has 0 saturated carbocycles. The van der Waals surface area contributed by atoms with Gasteiger partial charge < -0.3 is 4.90 Å². The summed E-state index contributed by atoms with van der Waals surface area (Å²) in [6.45, 7) is 8.86. The van der Waals surface area contributed by atoms with Crippen molar-refractivity contribution in [1.82, 2.24) is 4.90 Å². The lowest BCUT2D eigenvalue weighted by atomic mass is 9.99. The summed E-state index contributed by atoms with van der Waals surface area (Å²) in [5.74, 6) is 0.748. The second kappa shape index (κ2) is 6.09. The number of rotatable bonds is 2. The van der Waals surface area contributed by atoms with Crippen molar-refractivity contribution in [2.24, 2.45) is 5.92 Å². The number of piperidine rings is 1. The van der Waals surface area contributed by atoms with E-state index in [2.05, 4.69) is 26.0 Å². The molecule has 2 amide bonds. The lowest BCUT2D eigenvalue weighted by Crippen LogP contribution is -2.46. The second-order valence-corrected chi connectivity index (χ2v) is 5.54. The number of anilines is 1. The van der Waals surface area contributed by atoms with E-state index in [0.717, 1.165) is 37.5 Å². The maximum absolute atomic E-state index is 12.6. The van der Waals surface area contributed by atoms with Crippen LogP contribution in [0, 0.1) is 12.8 Å². The van der Waals surface area contributed by atoms with Crippen LogP contribution in [0.4, 0.5) is 10.5 Å². The number of benzene rings is 1. The smallest absolute Gasteiger partial charge is 0.324 e. The number of carbonyl (C=O) groups is 1. The minimum atomic E-state index is 0.153. The highest BCUT2D eigenvalue weighted by Crippen LogP contribution is 2.21. The Hall–Kier alpha value is -1.51. The van der Waals surface area contributed by atoms with Gasteiger partial charge in [0.25, 0.3) is 0 Å². The van der Waals surface area contributed by atoms with Crippen LogP contribution in [0.5, 0.6) is 0 Å². The van der Waals surface area contributed by atoms with Gasteiger partial charge in [0.2, 0.25) is 0 Å². The van der Waals surface area contributed by atoms with Crippen molar-refractivity contribution in [1.29, 1.82) is 0 Å². The van der Waals surface area contributed by atoms with Crippen molar-refractivity contribution in [2.45, 2.75) is 33.6 Å². The molecule has 2 rings (SSSR count). The van der Waals surface area contributed by atoms with E-state index in [-0.39, 0.29) is 6.03 Å². The molecular formula is C16H24N2O. The maximum Gasteiger partial charge on any atom is 0.324 e. The van der Waals surface area contributed by atoms with Crippen molar-refractivity contribution in [2.75, 3.05) is 24.5 Å². The highest BCUT2D eigenvalue weighted by Gasteiger charge is 2.24. The standard InChI is InChI=1S/C16H24N2O/c1-4-18(15-7-5-6-14(3)12-15)16(19)17-10-8-13(2)9-11-17/h5-7,12-13H,4,8-11H2,1-3H3. The summed E-state index contributed by atoms with van der Waals surface area (Å²) in [6, 6.07) is 8.32. The fraction of sp³-hybridized carbons (Fsp3) is 0.562. The molecule has 19 heavy (non-hydrogen) atoms. The van der Waals surface area contributed by atoms with Gasteiger partial charge in [-0.15, -0.1) is 0 Å². The zero-order valence-corrected chi connectivity index (χ0v) is 12.2. The van der Waals surface area contributed by atoms with Crippen molar-refractivity contribution < 1.29 is 4.79 Å². The van der Waals surface area contributed by atoms with E-state index < -0.39 is 0 Å². The Morgan fingerprint density at radius 3 is 2.63 bits per heavy atom. The third kappa shape index (κ3) is 3.28. The molecule has 1 fully saturated rings. The van der Waals surface area contributed by atoms with Crippen molar-refractivity contribution >= 4 is 11.7 Å². The number of amides is 2. The minimum absolute atomic E-state index is 0.153. The predicted octanol–water partition coefficient (Wildman–Crippen LogP) is 3.67. The van der Waals surface area contributed by atoms with E-state index in [4.69, 9.17) is 0 Å². The fourth-order valence-corrected chi connectivity index (χ4v) is 2.59. The van der Waals surface area contributed by atoms with Crippen molar-refractivity contribution in [3.8, 4) is 0 Å². The summed E-state index contributed by atoms with van der Waals surface area (Å²) in [4.78, 5) is 16.5. The summed E-state index contributed by atoms with van der Waals surface area (Å²) in [5, 5.41) is 0. The number of nitrogens with zero attached hydrogens (tertiary/aromatic N) is 2. The van der Waals surface area contributed by atoms with Gasteiger partial charge in [0.15, 0.2) is 0 Å². The monoisotopic (exact) mass is 260 g/mol. The van der Waals surface area contributed by atoms with E-state index in [0.29, 0.717) is 6.54 Å². The van der Waals surface area contributed by atoms with Gasteiger partial charge in [-0.2, -0.15) is 0 Å². The minimum Gasteiger partial charge on any atom is -0.324 e. The van der Waals surface area contributed by atoms with Crippen LogP contribution in [0.15, 0.2) is 24.3 Å². The van der Waals surface area contributed by atoms with Gasteiger partial charge in [-0.3, -0.25) is 4.90 Å². The zero-order chi connectivity index (χ0) is 13.8. The van der Waals surface area contributed by atoms with Gasteiger partial charge in [-0.25, -0.2) is 4.79 Å². The molecule has 1 aromatic carbocycles. The molecule has 1 aliphatic rings. The van der Waals surface area contributed by atoms with E-state index in [9.17, 15) is 4.79 Å². The summed E-state index contributed by atoms with van der Waals surface area (Å²) in [5.41, 5.74) is 2.20. The molecule has 0 radical (unpaired) electrons. The Morgan fingerprint density at radius 1 is 1.37 bits per heavy atom. The molecule has 1 aliphatic heterocycles. The van der Waals surface area contributed by atoms with Gasteiger partial charge in [0.1, 0.15) is 0 Å². The topological polar surface area (TPSA) is 23.6 Å². The van der Waals surface area contributed by atoms with E-state index in [1.54, 1.807) is 0 Å². The first-order valence-electron chi connectivity index (χ1n) is 7.25. The van der Waals surface area contributed by atoms with Gasteiger partial charge in [0.05, 0.1) is 0 Å². The molecule has 104 valence electrons. The van der Waals surface area contributed by atoms with Crippen LogP contribution in [0.2, 0.25) is 0 Å². The number of likely N-dealkylation sites (tertiary alicyclic amines) is 1. The number of carbonyl (C=O) groups excluding carboxylic acids is 1. The largest absolute Gasteiger partial charge is 0.324 e. The van der Waals surface area contributed by atoms with Crippen LogP contribution in [-0.2, 0) is 0 Å². The molecule has 1 aromatic rings. The Labute approximate surface area is 116 Å². The molecule has 0 aromatic heterocycles. The van der Waals surface area contributed by atoms with E-state index >= 15 is 0 Å². The molecule has 1 heterocycles. The predicted molar refractivity (Wildman–Crippen MR) is 79.6 cm³/mol. The first-order valence-corrected chi connectivity index (χ1v) is 7.25. The third-order valence-corrected chi connectivity index (χ3v) is 3.91. The Bertz CT molecular complexity index is 436. The average Bonchev–Trinajstić information content (AvgIpc) is 2.40. The molecule has 0 N–H and O–H groups in total. The quantitative estimate of drug-likeness (QED) is 0.795. The summed E-state index contributed by atoms with van der Waals surface area (Å²) in [6.07, 6.45) is 2.24. The number of hydrogen-bond acceptors (Lipinski definition) is 1. The molecule has 0 aliphatic carbocycles. The average molecular weight is 260 g/mol. The molecule has 1 saturated heterocycles. The zero-order valence-electron chi connectivity index (χ0n) is 12.2. The van der Waals surface area contributed by atoms with Crippen LogP contribution in [0.25, 0.3) is 0 Å². The molecular weight excluding hydrogens is 236 g/mol. The normalized spacial score (nSPS) is 16.5. The summed E-state index contributed by atoms with van der Waals surface area (Å²) >= 11 is 0. The molecule has 0 unspecified atom stereocenters. The van der Waals surface area contributed by atoms with Gasteiger partial charge in [-0.1, -0.05) is 19.1 Å². The first-order chi connectivity index (χ1) is 9.11. The van der Waals surface area contributed by atoms with Gasteiger partial charge in [-0.05, 0) is 50.3 Å². The molecule has 3 heteroatoms. The fourth-order valence-electron chi connectivity index (χ4n) is 2.59. The first kappa shape index (κ1) is 13.9. The highest BCUT2D eigenvalue weighted by atomic mass is 16.2. The summed E-state index contributed by atoms with van der Waals surface area (Å²) < 4.78 is 0. The van der Waals surface area contributed by atoms with Crippen LogP contribution in [0.1, 0.15) is 32.3 Å². The molecule has 0 atom stereocenters. The molecule has 3 nitrogen and oxygen atoms in total. The van der Waals surface area contributed by atoms with Gasteiger partial charge >= 0.3 is 6.03 Å². The second-order valence-electron chi connectivity index (χ2n) is 5.54.